The second-order valence-corrected chi connectivity index (χ2v) is 6.51. The molecule has 0 bridgehead atoms. The van der Waals surface area contributed by atoms with Crippen LogP contribution in [0.25, 0.3) is 0 Å². The lowest BCUT2D eigenvalue weighted by Gasteiger charge is -2.34. The maximum Gasteiger partial charge on any atom is 0.223 e. The molecule has 0 aromatic carbocycles. The summed E-state index contributed by atoms with van der Waals surface area (Å²) in [4.78, 5) is 16.7. The molecule has 0 saturated carbocycles. The summed E-state index contributed by atoms with van der Waals surface area (Å²) in [6.07, 6.45) is 2.86. The number of furan rings is 1. The van der Waals surface area contributed by atoms with Crippen molar-refractivity contribution in [3.63, 3.8) is 0 Å². The Balaban J connectivity index is 1.47. The number of hydrogen-bond acceptors (Lipinski definition) is 4. The molecular weight excluding hydrogens is 304 g/mol. The minimum atomic E-state index is 0.222. The normalized spacial score (nSPS) is 15.9. The summed E-state index contributed by atoms with van der Waals surface area (Å²) in [6, 6.07) is 3.78. The topological polar surface area (TPSA) is 54.5 Å². The van der Waals surface area contributed by atoms with Gasteiger partial charge in [0.05, 0.1) is 12.0 Å². The van der Waals surface area contributed by atoms with Crippen LogP contribution in [0.4, 0.5) is 0 Å². The Labute approximate surface area is 143 Å². The van der Waals surface area contributed by atoms with Gasteiger partial charge in [0.2, 0.25) is 5.91 Å². The molecule has 24 heavy (non-hydrogen) atoms. The minimum absolute atomic E-state index is 0.222. The van der Waals surface area contributed by atoms with Crippen LogP contribution in [0, 0.1) is 13.8 Å². The van der Waals surface area contributed by atoms with Gasteiger partial charge in [-0.1, -0.05) is 0 Å². The minimum Gasteiger partial charge on any atom is -0.469 e. The van der Waals surface area contributed by atoms with E-state index in [1.54, 1.807) is 6.26 Å². The fourth-order valence-electron chi connectivity index (χ4n) is 3.27. The van der Waals surface area contributed by atoms with Gasteiger partial charge in [-0.05, 0) is 26.0 Å². The first kappa shape index (κ1) is 16.8. The van der Waals surface area contributed by atoms with Crippen molar-refractivity contribution in [2.45, 2.75) is 33.2 Å². The fourth-order valence-corrected chi connectivity index (χ4v) is 3.27. The van der Waals surface area contributed by atoms with Gasteiger partial charge in [0.25, 0.3) is 0 Å². The number of piperazine rings is 1. The number of carbonyl (C=O) groups is 1. The molecule has 0 spiro atoms. The van der Waals surface area contributed by atoms with Crippen molar-refractivity contribution in [2.75, 3.05) is 26.2 Å². The van der Waals surface area contributed by atoms with Crippen LogP contribution in [-0.2, 0) is 24.8 Å². The molecule has 0 N–H and O–H groups in total. The Morgan fingerprint density at radius 1 is 1.25 bits per heavy atom. The van der Waals surface area contributed by atoms with Crippen LogP contribution in [0.3, 0.4) is 0 Å². The van der Waals surface area contributed by atoms with Gasteiger partial charge in [-0.15, -0.1) is 0 Å². The zero-order chi connectivity index (χ0) is 17.1. The van der Waals surface area contributed by atoms with Crippen molar-refractivity contribution >= 4 is 5.91 Å². The Bertz CT molecular complexity index is 682. The molecule has 2 aromatic rings. The SMILES string of the molecule is Cc1nn(C)c(C)c1CN1CCN(C(=O)CCc2ccco2)CC1. The largest absolute Gasteiger partial charge is 0.469 e. The van der Waals surface area contributed by atoms with E-state index in [0.717, 1.165) is 44.2 Å². The zero-order valence-corrected chi connectivity index (χ0v) is 14.8. The van der Waals surface area contributed by atoms with E-state index in [4.69, 9.17) is 4.42 Å². The maximum absolute atomic E-state index is 12.3. The highest BCUT2D eigenvalue weighted by molar-refractivity contribution is 5.76. The summed E-state index contributed by atoms with van der Waals surface area (Å²) in [5.74, 6) is 1.10. The zero-order valence-electron chi connectivity index (χ0n) is 14.8. The van der Waals surface area contributed by atoms with Crippen molar-refractivity contribution in [3.8, 4) is 0 Å². The molecular formula is C18H26N4O2. The van der Waals surface area contributed by atoms with Gasteiger partial charge in [0.1, 0.15) is 5.76 Å². The van der Waals surface area contributed by atoms with Gasteiger partial charge >= 0.3 is 0 Å². The number of rotatable bonds is 5. The monoisotopic (exact) mass is 330 g/mol. The number of nitrogens with zero attached hydrogens (tertiary/aromatic N) is 4. The van der Waals surface area contributed by atoms with E-state index in [1.165, 1.54) is 11.3 Å². The van der Waals surface area contributed by atoms with Gasteiger partial charge in [0.15, 0.2) is 0 Å². The Morgan fingerprint density at radius 3 is 2.58 bits per heavy atom. The summed E-state index contributed by atoms with van der Waals surface area (Å²) in [5, 5.41) is 4.48. The Kier molecular flexibility index (Phi) is 5.04. The lowest BCUT2D eigenvalue weighted by atomic mass is 10.1. The molecule has 0 atom stereocenters. The predicted octanol–water partition coefficient (Wildman–Crippen LogP) is 1.91. The van der Waals surface area contributed by atoms with Crippen molar-refractivity contribution < 1.29 is 9.21 Å². The van der Waals surface area contributed by atoms with E-state index >= 15 is 0 Å². The fraction of sp³-hybridized carbons (Fsp3) is 0.556. The standard InChI is InChI=1S/C18H26N4O2/c1-14-17(15(2)20(3)19-14)13-21-8-10-22(11-9-21)18(23)7-6-16-5-4-12-24-16/h4-5,12H,6-11,13H2,1-3H3. The van der Waals surface area contributed by atoms with Crippen LogP contribution in [0.2, 0.25) is 0 Å². The summed E-state index contributed by atoms with van der Waals surface area (Å²) in [6.45, 7) is 8.53. The molecule has 0 radical (unpaired) electrons. The highest BCUT2D eigenvalue weighted by Crippen LogP contribution is 2.16. The lowest BCUT2D eigenvalue weighted by molar-refractivity contribution is -0.133. The molecule has 2 aromatic heterocycles. The van der Waals surface area contributed by atoms with Crippen molar-refractivity contribution in [2.24, 2.45) is 7.05 Å². The first-order chi connectivity index (χ1) is 11.5. The van der Waals surface area contributed by atoms with Gasteiger partial charge in [-0.3, -0.25) is 14.4 Å². The van der Waals surface area contributed by atoms with E-state index < -0.39 is 0 Å². The number of carbonyl (C=O) groups excluding carboxylic acids is 1. The molecule has 130 valence electrons. The third kappa shape index (κ3) is 3.70. The van der Waals surface area contributed by atoms with E-state index in [0.29, 0.717) is 12.8 Å². The number of aryl methyl sites for hydroxylation is 3. The van der Waals surface area contributed by atoms with E-state index in [-0.39, 0.29) is 5.91 Å². The molecule has 1 aliphatic rings. The summed E-state index contributed by atoms with van der Waals surface area (Å²) in [5.41, 5.74) is 3.64. The Hall–Kier alpha value is -2.08. The molecule has 6 nitrogen and oxygen atoms in total. The molecule has 3 heterocycles. The van der Waals surface area contributed by atoms with Gasteiger partial charge < -0.3 is 9.32 Å². The van der Waals surface area contributed by atoms with E-state index in [2.05, 4.69) is 23.8 Å². The molecule has 3 rings (SSSR count). The number of amides is 1. The van der Waals surface area contributed by atoms with Crippen LogP contribution in [0.1, 0.15) is 29.1 Å². The van der Waals surface area contributed by atoms with Gasteiger partial charge in [-0.2, -0.15) is 5.10 Å². The summed E-state index contributed by atoms with van der Waals surface area (Å²) < 4.78 is 7.24. The van der Waals surface area contributed by atoms with E-state index in [1.807, 2.05) is 28.8 Å². The number of hydrogen-bond donors (Lipinski definition) is 0. The molecule has 6 heteroatoms. The van der Waals surface area contributed by atoms with Crippen molar-refractivity contribution in [1.29, 1.82) is 0 Å². The lowest BCUT2D eigenvalue weighted by Crippen LogP contribution is -2.48. The van der Waals surface area contributed by atoms with Crippen LogP contribution in [0.5, 0.6) is 0 Å². The van der Waals surface area contributed by atoms with E-state index in [9.17, 15) is 4.79 Å². The van der Waals surface area contributed by atoms with Crippen LogP contribution >= 0.6 is 0 Å². The molecule has 0 unspecified atom stereocenters. The average Bonchev–Trinajstić information content (AvgIpc) is 3.18. The first-order valence-corrected chi connectivity index (χ1v) is 8.56. The number of aromatic nitrogens is 2. The van der Waals surface area contributed by atoms with Gasteiger partial charge in [0, 0.05) is 63.9 Å². The van der Waals surface area contributed by atoms with Crippen LogP contribution in [0.15, 0.2) is 22.8 Å². The third-order valence-electron chi connectivity index (χ3n) is 4.93. The molecule has 1 aliphatic heterocycles. The highest BCUT2D eigenvalue weighted by atomic mass is 16.3. The third-order valence-corrected chi connectivity index (χ3v) is 4.93. The molecule has 1 amide bonds. The Morgan fingerprint density at radius 2 is 2.00 bits per heavy atom. The summed E-state index contributed by atoms with van der Waals surface area (Å²) in [7, 11) is 1.99. The average molecular weight is 330 g/mol. The quantitative estimate of drug-likeness (QED) is 0.840. The first-order valence-electron chi connectivity index (χ1n) is 8.56. The van der Waals surface area contributed by atoms with Crippen LogP contribution in [-0.4, -0.2) is 51.7 Å². The summed E-state index contributed by atoms with van der Waals surface area (Å²) >= 11 is 0. The van der Waals surface area contributed by atoms with Crippen molar-refractivity contribution in [3.05, 3.63) is 41.1 Å². The smallest absolute Gasteiger partial charge is 0.223 e. The predicted molar refractivity (Wildman–Crippen MR) is 91.6 cm³/mol. The molecule has 1 fully saturated rings. The van der Waals surface area contributed by atoms with Crippen LogP contribution < -0.4 is 0 Å². The second kappa shape index (κ2) is 7.21. The highest BCUT2D eigenvalue weighted by Gasteiger charge is 2.22. The maximum atomic E-state index is 12.3. The molecule has 1 saturated heterocycles. The van der Waals surface area contributed by atoms with Gasteiger partial charge in [-0.25, -0.2) is 0 Å². The molecule has 0 aliphatic carbocycles. The second-order valence-electron chi connectivity index (χ2n) is 6.51. The van der Waals surface area contributed by atoms with Crippen molar-refractivity contribution in [1.82, 2.24) is 19.6 Å².